The highest BCUT2D eigenvalue weighted by molar-refractivity contribution is 5.81. The molecule has 2 heterocycles. The van der Waals surface area contributed by atoms with E-state index >= 15 is 0 Å². The minimum Gasteiger partial charge on any atom is -0.508 e. The number of phenolic OH excluding ortho intramolecular Hbond substituents is 1. The molecule has 4 N–H and O–H groups in total. The van der Waals surface area contributed by atoms with E-state index < -0.39 is 11.4 Å². The summed E-state index contributed by atoms with van der Waals surface area (Å²) >= 11 is 0. The molecule has 10 aliphatic carbocycles. The second-order valence-electron chi connectivity index (χ2n) is 23.0. The van der Waals surface area contributed by atoms with Gasteiger partial charge in [-0.05, 0) is 207 Å². The number of aliphatic carboxylic acids is 1. The van der Waals surface area contributed by atoms with Crippen LogP contribution in [0.3, 0.4) is 0 Å². The molecule has 0 aliphatic heterocycles. The van der Waals surface area contributed by atoms with Crippen LogP contribution in [-0.4, -0.2) is 56.4 Å². The van der Waals surface area contributed by atoms with Crippen LogP contribution in [0.5, 0.6) is 11.5 Å². The number of phenols is 1. The van der Waals surface area contributed by atoms with Crippen LogP contribution >= 0.6 is 0 Å². The third-order valence-electron chi connectivity index (χ3n) is 18.8. The van der Waals surface area contributed by atoms with Crippen LogP contribution in [0, 0.1) is 27.6 Å². The van der Waals surface area contributed by atoms with E-state index in [1.54, 1.807) is 37.8 Å². The maximum absolute atomic E-state index is 12.1. The number of nitrogens with one attached hydrogen (secondary N) is 2. The highest BCUT2D eigenvalue weighted by Crippen LogP contribution is 2.58. The number of fused-ring (bicyclic) bond motifs is 8. The van der Waals surface area contributed by atoms with Crippen molar-refractivity contribution in [1.82, 2.24) is 20.6 Å². The zero-order valence-electron chi connectivity index (χ0n) is 39.7. The SMILES string of the molecule is CC1CCC2(CC1)CC2.COC(=O)C12CCC(NCc3ccc4cc(O)ccc4n3)(CC1)CC2.O=C(O)C12CCC(NCc3ccc4cc(OC5CCC6(CC5)CC6)ccc4n3)(CC1)CC2. The number of carboxylic acid groups (broad SMARTS) is 1. The van der Waals surface area contributed by atoms with Gasteiger partial charge in [0, 0.05) is 34.9 Å². The Kier molecular flexibility index (Phi) is 12.4. The molecule has 2 spiro atoms. The molecular formula is C56H74N4O6. The summed E-state index contributed by atoms with van der Waals surface area (Å²) in [5.74, 6) is 1.64. The number of hydrogen-bond acceptors (Lipinski definition) is 9. The molecule has 2 aromatic carbocycles. The maximum Gasteiger partial charge on any atom is 0.311 e. The van der Waals surface area contributed by atoms with Crippen molar-refractivity contribution >= 4 is 33.7 Å². The molecule has 2 aromatic heterocycles. The fraction of sp³-hybridized carbons (Fsp3) is 0.643. The van der Waals surface area contributed by atoms with Crippen LogP contribution in [0.4, 0.5) is 0 Å². The Bertz CT molecular complexity index is 2350. The lowest BCUT2D eigenvalue weighted by atomic mass is 9.57. The number of esters is 1. The molecule has 0 radical (unpaired) electrons. The van der Waals surface area contributed by atoms with Gasteiger partial charge in [0.2, 0.25) is 0 Å². The standard InChI is InChI=1S/C27H34N2O3.C20H24N2O3.C9H16/c30-24(31)26-11-14-27(15-12-26,16-13-26)28-18-20-2-1-19-17-22(3-4-23(19)29-20)32-21-5-7-25(8-6-21)9-10-25;1-25-18(24)19-6-9-20(10-7-19,11-8-19)21-13-15-3-2-14-12-16(23)4-5-17(14)22-15;1-8-2-4-9(5-3-8)6-7-9/h1-4,17,21,28H,5-16,18H2,(H,30,31);2-5,12,21,23H,6-11,13H2,1H3;8H,2-7H2,1H3. The van der Waals surface area contributed by atoms with Gasteiger partial charge in [0.15, 0.2) is 0 Å². The smallest absolute Gasteiger partial charge is 0.311 e. The summed E-state index contributed by atoms with van der Waals surface area (Å²) in [7, 11) is 1.50. The Morgan fingerprint density at radius 3 is 1.55 bits per heavy atom. The van der Waals surface area contributed by atoms with E-state index in [9.17, 15) is 19.8 Å². The van der Waals surface area contributed by atoms with E-state index in [4.69, 9.17) is 14.5 Å². The summed E-state index contributed by atoms with van der Waals surface area (Å²) in [6.45, 7) is 3.86. The Morgan fingerprint density at radius 1 is 0.591 bits per heavy atom. The van der Waals surface area contributed by atoms with Gasteiger partial charge in [-0.15, -0.1) is 0 Å². The van der Waals surface area contributed by atoms with E-state index in [-0.39, 0.29) is 28.2 Å². The minimum atomic E-state index is -0.597. The zero-order valence-corrected chi connectivity index (χ0v) is 39.7. The molecule has 0 unspecified atom stereocenters. The average Bonchev–Trinajstić information content (AvgIpc) is 4.31. The van der Waals surface area contributed by atoms with Crippen molar-refractivity contribution in [2.45, 2.75) is 191 Å². The van der Waals surface area contributed by atoms with Crippen molar-refractivity contribution in [2.75, 3.05) is 7.11 Å². The van der Waals surface area contributed by atoms with Gasteiger partial charge in [-0.2, -0.15) is 0 Å². The minimum absolute atomic E-state index is 0.0275. The summed E-state index contributed by atoms with van der Waals surface area (Å²) in [6.07, 6.45) is 28.6. The maximum atomic E-state index is 12.1. The molecule has 4 bridgehead atoms. The van der Waals surface area contributed by atoms with Crippen molar-refractivity contribution in [1.29, 1.82) is 0 Å². The lowest BCUT2D eigenvalue weighted by Crippen LogP contribution is -2.56. The number of hydrogen-bond donors (Lipinski definition) is 4. The molecule has 10 saturated carbocycles. The first kappa shape index (κ1) is 45.5. The van der Waals surface area contributed by atoms with Crippen LogP contribution in [-0.2, 0) is 27.4 Å². The van der Waals surface area contributed by atoms with Crippen LogP contribution in [0.15, 0.2) is 60.7 Å². The van der Waals surface area contributed by atoms with E-state index in [0.717, 1.165) is 140 Å². The van der Waals surface area contributed by atoms with Crippen LogP contribution in [0.1, 0.15) is 172 Å². The summed E-state index contributed by atoms with van der Waals surface area (Å²) in [5.41, 5.74) is 5.08. The number of pyridine rings is 2. The van der Waals surface area contributed by atoms with Crippen molar-refractivity contribution in [3.05, 3.63) is 72.1 Å². The molecule has 10 aliphatic rings. The number of carbonyl (C=O) groups excluding carboxylic acids is 1. The number of nitrogens with zero attached hydrogens (tertiary/aromatic N) is 2. The fourth-order valence-corrected chi connectivity index (χ4v) is 13.1. The monoisotopic (exact) mass is 899 g/mol. The van der Waals surface area contributed by atoms with E-state index in [0.29, 0.717) is 11.5 Å². The summed E-state index contributed by atoms with van der Waals surface area (Å²) in [6, 6.07) is 19.8. The third kappa shape index (κ3) is 9.70. The largest absolute Gasteiger partial charge is 0.508 e. The van der Waals surface area contributed by atoms with Gasteiger partial charge < -0.3 is 30.3 Å². The van der Waals surface area contributed by atoms with E-state index in [2.05, 4.69) is 52.9 Å². The highest BCUT2D eigenvalue weighted by atomic mass is 16.5. The van der Waals surface area contributed by atoms with Gasteiger partial charge in [-0.1, -0.05) is 31.9 Å². The third-order valence-corrected chi connectivity index (χ3v) is 18.8. The lowest BCUT2D eigenvalue weighted by Gasteiger charge is -2.52. The zero-order chi connectivity index (χ0) is 45.6. The lowest BCUT2D eigenvalue weighted by molar-refractivity contribution is -0.160. The number of aromatic nitrogens is 2. The molecule has 14 rings (SSSR count). The first-order chi connectivity index (χ1) is 31.8. The Balaban J connectivity index is 0.000000133. The number of aromatic hydroxyl groups is 1. The quantitative estimate of drug-likeness (QED) is 0.114. The second-order valence-corrected chi connectivity index (χ2v) is 23.0. The molecule has 0 saturated heterocycles. The van der Waals surface area contributed by atoms with E-state index in [1.165, 1.54) is 58.5 Å². The van der Waals surface area contributed by atoms with Gasteiger partial charge in [-0.3, -0.25) is 19.6 Å². The molecule has 4 aromatic rings. The average molecular weight is 899 g/mol. The normalized spacial score (nSPS) is 30.3. The van der Waals surface area contributed by atoms with Gasteiger partial charge in [0.05, 0.1) is 46.5 Å². The van der Waals surface area contributed by atoms with E-state index in [1.807, 2.05) is 18.2 Å². The highest BCUT2D eigenvalue weighted by Gasteiger charge is 2.54. The second kappa shape index (κ2) is 18.0. The Morgan fingerprint density at radius 2 is 1.06 bits per heavy atom. The van der Waals surface area contributed by atoms with Crippen LogP contribution < -0.4 is 15.4 Å². The fourth-order valence-electron chi connectivity index (χ4n) is 13.1. The molecule has 10 nitrogen and oxygen atoms in total. The van der Waals surface area contributed by atoms with Gasteiger partial charge in [-0.25, -0.2) is 0 Å². The van der Waals surface area contributed by atoms with Crippen LogP contribution in [0.25, 0.3) is 21.8 Å². The van der Waals surface area contributed by atoms with Gasteiger partial charge in [0.25, 0.3) is 0 Å². The number of rotatable bonds is 10. The number of carboxylic acids is 1. The topological polar surface area (TPSA) is 143 Å². The predicted octanol–water partition coefficient (Wildman–Crippen LogP) is 11.9. The van der Waals surface area contributed by atoms with Gasteiger partial charge in [0.1, 0.15) is 11.5 Å². The summed E-state index contributed by atoms with van der Waals surface area (Å²) in [4.78, 5) is 33.3. The molecular weight excluding hydrogens is 825 g/mol. The number of methoxy groups -OCH3 is 1. The molecule has 10 heteroatoms. The first-order valence-electron chi connectivity index (χ1n) is 25.8. The Labute approximate surface area is 391 Å². The molecule has 0 amide bonds. The first-order valence-corrected chi connectivity index (χ1v) is 25.8. The van der Waals surface area contributed by atoms with Crippen LogP contribution in [0.2, 0.25) is 0 Å². The van der Waals surface area contributed by atoms with Crippen molar-refractivity contribution in [3.8, 4) is 11.5 Å². The van der Waals surface area contributed by atoms with Crippen molar-refractivity contribution in [3.63, 3.8) is 0 Å². The number of carbonyl (C=O) groups is 2. The van der Waals surface area contributed by atoms with Crippen molar-refractivity contribution < 1.29 is 29.3 Å². The number of benzene rings is 2. The predicted molar refractivity (Wildman–Crippen MR) is 258 cm³/mol. The van der Waals surface area contributed by atoms with Gasteiger partial charge >= 0.3 is 11.9 Å². The molecule has 66 heavy (non-hydrogen) atoms. The summed E-state index contributed by atoms with van der Waals surface area (Å²) < 4.78 is 11.3. The number of ether oxygens (including phenoxy) is 2. The Hall–Kier alpha value is -4.28. The molecule has 10 fully saturated rings. The molecule has 354 valence electrons. The van der Waals surface area contributed by atoms with Crippen molar-refractivity contribution in [2.24, 2.45) is 27.6 Å². The molecule has 0 atom stereocenters. The summed E-state index contributed by atoms with van der Waals surface area (Å²) in [5, 5.41) is 28.7.